The molecule has 0 aliphatic heterocycles. The minimum Gasteiger partial charge on any atom is -0.262 e. The molecule has 0 spiro atoms. The van der Waals surface area contributed by atoms with E-state index in [4.69, 9.17) is 15.8 Å². The Hall–Kier alpha value is -2.14. The molecule has 0 amide bonds. The summed E-state index contributed by atoms with van der Waals surface area (Å²) < 4.78 is 30.3. The standard InChI is InChI=1S/C22H19ClO3S/c23-18-11-13-19(14-12-18)27(24,25)26-15-17-7-4-10-22-20-8-2-1-5-16(20)6-3-9-21(17)22/h1-2,4-5,7-8,10-14H,3,6,9,15H2. The zero-order valence-corrected chi connectivity index (χ0v) is 16.3. The summed E-state index contributed by atoms with van der Waals surface area (Å²) in [6, 6.07) is 20.4. The maximum Gasteiger partial charge on any atom is 0.297 e. The van der Waals surface area contributed by atoms with Crippen molar-refractivity contribution >= 4 is 21.7 Å². The van der Waals surface area contributed by atoms with Gasteiger partial charge in [0.1, 0.15) is 0 Å². The first-order valence-electron chi connectivity index (χ1n) is 8.89. The average Bonchev–Trinajstić information content (AvgIpc) is 2.86. The lowest BCUT2D eigenvalue weighted by Gasteiger charge is -2.14. The van der Waals surface area contributed by atoms with Gasteiger partial charge in [0.2, 0.25) is 0 Å². The van der Waals surface area contributed by atoms with Gasteiger partial charge in [-0.2, -0.15) is 8.42 Å². The second-order valence-electron chi connectivity index (χ2n) is 6.62. The molecule has 0 fully saturated rings. The maximum atomic E-state index is 12.5. The number of halogens is 1. The fourth-order valence-corrected chi connectivity index (χ4v) is 4.60. The zero-order chi connectivity index (χ0) is 18.9. The van der Waals surface area contributed by atoms with Crippen LogP contribution in [-0.2, 0) is 33.7 Å². The Kier molecular flexibility index (Phi) is 5.04. The monoisotopic (exact) mass is 398 g/mol. The Morgan fingerprint density at radius 3 is 2.41 bits per heavy atom. The van der Waals surface area contributed by atoms with Crippen molar-refractivity contribution in [3.63, 3.8) is 0 Å². The molecule has 5 heteroatoms. The van der Waals surface area contributed by atoms with Crippen LogP contribution in [0.2, 0.25) is 5.02 Å². The van der Waals surface area contributed by atoms with Gasteiger partial charge in [0, 0.05) is 5.02 Å². The minimum atomic E-state index is -3.83. The molecule has 0 radical (unpaired) electrons. The average molecular weight is 399 g/mol. The molecule has 0 heterocycles. The lowest BCUT2D eigenvalue weighted by Crippen LogP contribution is -2.08. The molecule has 1 aliphatic carbocycles. The third-order valence-corrected chi connectivity index (χ3v) is 6.46. The number of hydrogen-bond acceptors (Lipinski definition) is 3. The predicted octanol–water partition coefficient (Wildman–Crippen LogP) is 5.40. The lowest BCUT2D eigenvalue weighted by atomic mass is 9.94. The lowest BCUT2D eigenvalue weighted by molar-refractivity contribution is 0.307. The first kappa shape index (κ1) is 18.2. The van der Waals surface area contributed by atoms with E-state index in [-0.39, 0.29) is 11.5 Å². The van der Waals surface area contributed by atoms with Gasteiger partial charge in [-0.25, -0.2) is 0 Å². The van der Waals surface area contributed by atoms with Crippen LogP contribution in [0.15, 0.2) is 71.6 Å². The van der Waals surface area contributed by atoms with Crippen LogP contribution < -0.4 is 0 Å². The van der Waals surface area contributed by atoms with Gasteiger partial charge in [-0.15, -0.1) is 0 Å². The molecule has 0 saturated carbocycles. The second kappa shape index (κ2) is 7.47. The van der Waals surface area contributed by atoms with Gasteiger partial charge < -0.3 is 0 Å². The van der Waals surface area contributed by atoms with Gasteiger partial charge in [-0.3, -0.25) is 4.18 Å². The van der Waals surface area contributed by atoms with Gasteiger partial charge in [0.15, 0.2) is 0 Å². The highest BCUT2D eigenvalue weighted by atomic mass is 35.5. The SMILES string of the molecule is O=S(=O)(OCc1cccc2c1CCCc1ccccc1-2)c1ccc(Cl)cc1. The molecule has 1 aliphatic rings. The topological polar surface area (TPSA) is 43.4 Å². The van der Waals surface area contributed by atoms with Crippen molar-refractivity contribution in [1.82, 2.24) is 0 Å². The van der Waals surface area contributed by atoms with Crippen molar-refractivity contribution in [3.05, 3.63) is 88.4 Å². The van der Waals surface area contributed by atoms with E-state index in [0.29, 0.717) is 5.02 Å². The van der Waals surface area contributed by atoms with Gasteiger partial charge in [0.05, 0.1) is 11.5 Å². The first-order chi connectivity index (χ1) is 13.0. The molecule has 138 valence electrons. The van der Waals surface area contributed by atoms with Crippen LogP contribution in [0.25, 0.3) is 11.1 Å². The van der Waals surface area contributed by atoms with Crippen molar-refractivity contribution in [2.75, 3.05) is 0 Å². The largest absolute Gasteiger partial charge is 0.297 e. The predicted molar refractivity (Wildman–Crippen MR) is 107 cm³/mol. The Morgan fingerprint density at radius 2 is 1.59 bits per heavy atom. The number of rotatable bonds is 4. The molecule has 0 bridgehead atoms. The highest BCUT2D eigenvalue weighted by Crippen LogP contribution is 2.34. The summed E-state index contributed by atoms with van der Waals surface area (Å²) in [5.74, 6) is 0. The van der Waals surface area contributed by atoms with Gasteiger partial charge >= 0.3 is 0 Å². The molecule has 0 atom stereocenters. The summed E-state index contributed by atoms with van der Waals surface area (Å²) in [4.78, 5) is 0.110. The number of benzene rings is 3. The van der Waals surface area contributed by atoms with Crippen LogP contribution in [0.5, 0.6) is 0 Å². The van der Waals surface area contributed by atoms with E-state index in [1.165, 1.54) is 34.4 Å². The van der Waals surface area contributed by atoms with Crippen molar-refractivity contribution in [2.45, 2.75) is 30.8 Å². The van der Waals surface area contributed by atoms with Crippen LogP contribution in [0.4, 0.5) is 0 Å². The Balaban J connectivity index is 1.64. The minimum absolute atomic E-state index is 0.0241. The third kappa shape index (κ3) is 3.79. The molecule has 27 heavy (non-hydrogen) atoms. The van der Waals surface area contributed by atoms with E-state index >= 15 is 0 Å². The summed E-state index contributed by atoms with van der Waals surface area (Å²) in [7, 11) is -3.83. The van der Waals surface area contributed by atoms with Gasteiger partial charge in [0.25, 0.3) is 10.1 Å². The van der Waals surface area contributed by atoms with Crippen molar-refractivity contribution < 1.29 is 12.6 Å². The first-order valence-corrected chi connectivity index (χ1v) is 10.7. The maximum absolute atomic E-state index is 12.5. The third-order valence-electron chi connectivity index (χ3n) is 4.93. The summed E-state index contributed by atoms with van der Waals surface area (Å²) in [6.07, 6.45) is 2.96. The highest BCUT2D eigenvalue weighted by molar-refractivity contribution is 7.86. The Bertz CT molecular complexity index is 1070. The number of aryl methyl sites for hydroxylation is 1. The number of hydrogen-bond donors (Lipinski definition) is 0. The van der Waals surface area contributed by atoms with E-state index in [2.05, 4.69) is 24.3 Å². The van der Waals surface area contributed by atoms with Crippen LogP contribution >= 0.6 is 11.6 Å². The second-order valence-corrected chi connectivity index (χ2v) is 8.68. The molecule has 0 unspecified atom stereocenters. The molecule has 3 aromatic carbocycles. The molecule has 0 saturated heterocycles. The van der Waals surface area contributed by atoms with Gasteiger partial charge in [-0.05, 0) is 71.3 Å². The molecule has 3 aromatic rings. The van der Waals surface area contributed by atoms with E-state index in [0.717, 1.165) is 24.8 Å². The Labute approximate surface area is 164 Å². The molecule has 4 rings (SSSR count). The summed E-state index contributed by atoms with van der Waals surface area (Å²) in [5, 5.41) is 0.487. The highest BCUT2D eigenvalue weighted by Gasteiger charge is 2.19. The fraction of sp³-hybridized carbons (Fsp3) is 0.182. The summed E-state index contributed by atoms with van der Waals surface area (Å²) >= 11 is 5.84. The molecular formula is C22H19ClO3S. The molecule has 0 N–H and O–H groups in total. The summed E-state index contributed by atoms with van der Waals surface area (Å²) in [6.45, 7) is 0.0241. The summed E-state index contributed by atoms with van der Waals surface area (Å²) in [5.41, 5.74) is 5.83. The van der Waals surface area contributed by atoms with Crippen molar-refractivity contribution in [2.24, 2.45) is 0 Å². The van der Waals surface area contributed by atoms with Crippen LogP contribution in [0, 0.1) is 0 Å². The fourth-order valence-electron chi connectivity index (χ4n) is 3.58. The molecular weight excluding hydrogens is 380 g/mol. The Morgan fingerprint density at radius 1 is 0.852 bits per heavy atom. The van der Waals surface area contributed by atoms with Crippen molar-refractivity contribution in [1.29, 1.82) is 0 Å². The van der Waals surface area contributed by atoms with E-state index in [1.807, 2.05) is 18.2 Å². The number of fused-ring (bicyclic) bond motifs is 3. The van der Waals surface area contributed by atoms with Gasteiger partial charge in [-0.1, -0.05) is 54.1 Å². The molecule has 0 aromatic heterocycles. The smallest absolute Gasteiger partial charge is 0.262 e. The van der Waals surface area contributed by atoms with Crippen LogP contribution in [-0.4, -0.2) is 8.42 Å². The quantitative estimate of drug-likeness (QED) is 0.552. The zero-order valence-electron chi connectivity index (χ0n) is 14.7. The van der Waals surface area contributed by atoms with E-state index in [9.17, 15) is 8.42 Å². The molecule has 3 nitrogen and oxygen atoms in total. The van der Waals surface area contributed by atoms with E-state index < -0.39 is 10.1 Å². The van der Waals surface area contributed by atoms with E-state index in [1.54, 1.807) is 12.1 Å². The van der Waals surface area contributed by atoms with Crippen LogP contribution in [0.1, 0.15) is 23.1 Å². The normalized spacial score (nSPS) is 13.5. The van der Waals surface area contributed by atoms with Crippen molar-refractivity contribution in [3.8, 4) is 11.1 Å². The van der Waals surface area contributed by atoms with Crippen LogP contribution in [0.3, 0.4) is 0 Å².